The van der Waals surface area contributed by atoms with Crippen molar-refractivity contribution in [2.75, 3.05) is 0 Å². The van der Waals surface area contributed by atoms with Gasteiger partial charge in [-0.05, 0) is 24.3 Å². The number of nitrogens with zero attached hydrogens (tertiary/aromatic N) is 1. The number of aromatic carboxylic acids is 1. The van der Waals surface area contributed by atoms with Crippen LogP contribution in [0.15, 0.2) is 48.5 Å². The summed E-state index contributed by atoms with van der Waals surface area (Å²) in [6.07, 6.45) is 7.23. The van der Waals surface area contributed by atoms with Crippen LogP contribution in [0.5, 0.6) is 0 Å². The van der Waals surface area contributed by atoms with E-state index in [-0.39, 0.29) is 5.56 Å². The van der Waals surface area contributed by atoms with Gasteiger partial charge in [-0.1, -0.05) is 0 Å². The Kier molecular flexibility index (Phi) is 3.40. The molecule has 92 valence electrons. The van der Waals surface area contributed by atoms with Gasteiger partial charge in [-0.3, -0.25) is 4.98 Å². The summed E-state index contributed by atoms with van der Waals surface area (Å²) in [6.45, 7) is 0. The standard InChI is InChI=1S/C12H10N2O4/c15-12(16)9-2-4-14-11(6-9)10-5-8(7-18-17)1-3-13-10/h1-7,13,17H,(H,15,16)/p-2. The minimum atomic E-state index is -1.27. The number of hydrogen-bond acceptors (Lipinski definition) is 6. The third kappa shape index (κ3) is 2.55. The van der Waals surface area contributed by atoms with Crippen LogP contribution in [0.2, 0.25) is 0 Å². The summed E-state index contributed by atoms with van der Waals surface area (Å²) >= 11 is 0. The smallest absolute Gasteiger partial charge is 0.0871 e. The van der Waals surface area contributed by atoms with Crippen LogP contribution in [0.4, 0.5) is 0 Å². The molecule has 1 aromatic heterocycles. The van der Waals surface area contributed by atoms with Gasteiger partial charge in [0.15, 0.2) is 0 Å². The Morgan fingerprint density at radius 3 is 3.06 bits per heavy atom. The van der Waals surface area contributed by atoms with Crippen molar-refractivity contribution in [3.8, 4) is 0 Å². The van der Waals surface area contributed by atoms with Gasteiger partial charge >= 0.3 is 0 Å². The highest BCUT2D eigenvalue weighted by atomic mass is 17.1. The highest BCUT2D eigenvalue weighted by Crippen LogP contribution is 2.17. The van der Waals surface area contributed by atoms with Crippen molar-refractivity contribution in [2.45, 2.75) is 0 Å². The fourth-order valence-electron chi connectivity index (χ4n) is 1.47. The lowest BCUT2D eigenvalue weighted by Crippen LogP contribution is -2.22. The van der Waals surface area contributed by atoms with Crippen LogP contribution >= 0.6 is 0 Å². The van der Waals surface area contributed by atoms with E-state index in [0.717, 1.165) is 6.26 Å². The second-order valence-corrected chi connectivity index (χ2v) is 3.47. The van der Waals surface area contributed by atoms with E-state index in [4.69, 9.17) is 0 Å². The Balaban J connectivity index is 2.34. The number of allylic oxidation sites excluding steroid dienone is 3. The maximum absolute atomic E-state index is 10.7. The van der Waals surface area contributed by atoms with Crippen LogP contribution in [0, 0.1) is 0 Å². The first-order chi connectivity index (χ1) is 8.70. The van der Waals surface area contributed by atoms with E-state index in [9.17, 15) is 15.2 Å². The first kappa shape index (κ1) is 11.9. The second-order valence-electron chi connectivity index (χ2n) is 3.47. The minimum Gasteiger partial charge on any atom is -0.664 e. The highest BCUT2D eigenvalue weighted by Gasteiger charge is 2.07. The van der Waals surface area contributed by atoms with Gasteiger partial charge in [-0.2, -0.15) is 0 Å². The maximum atomic E-state index is 10.7. The fraction of sp³-hybridized carbons (Fsp3) is 0. The molecule has 1 aromatic rings. The zero-order valence-corrected chi connectivity index (χ0v) is 9.12. The summed E-state index contributed by atoms with van der Waals surface area (Å²) in [5.74, 6) is -1.27. The zero-order valence-electron chi connectivity index (χ0n) is 9.12. The molecule has 0 bridgehead atoms. The number of carbonyl (C=O) groups is 1. The van der Waals surface area contributed by atoms with Gasteiger partial charge in [0.05, 0.1) is 23.6 Å². The molecule has 0 saturated carbocycles. The molecule has 1 N–H and O–H groups in total. The molecule has 0 aromatic carbocycles. The molecule has 0 radical (unpaired) electrons. The first-order valence-corrected chi connectivity index (χ1v) is 5.02. The molecule has 0 fully saturated rings. The number of hydrogen-bond donors (Lipinski definition) is 1. The van der Waals surface area contributed by atoms with Gasteiger partial charge in [-0.15, -0.1) is 0 Å². The van der Waals surface area contributed by atoms with Gasteiger partial charge in [-0.25, -0.2) is 0 Å². The third-order valence-electron chi connectivity index (χ3n) is 2.28. The number of aromatic nitrogens is 1. The van der Waals surface area contributed by atoms with E-state index in [0.29, 0.717) is 17.0 Å². The average molecular weight is 244 g/mol. The van der Waals surface area contributed by atoms with Gasteiger partial charge in [0.1, 0.15) is 0 Å². The fourth-order valence-corrected chi connectivity index (χ4v) is 1.47. The molecule has 1 aliphatic rings. The predicted octanol–water partition coefficient (Wildman–Crippen LogP) is -0.921. The quantitative estimate of drug-likeness (QED) is 0.419. The summed E-state index contributed by atoms with van der Waals surface area (Å²) in [5, 5.41) is 23.7. The number of carboxylic acids is 1. The monoisotopic (exact) mass is 244 g/mol. The van der Waals surface area contributed by atoms with Crippen LogP contribution in [0.3, 0.4) is 0 Å². The van der Waals surface area contributed by atoms with E-state index < -0.39 is 5.97 Å². The number of rotatable bonds is 3. The van der Waals surface area contributed by atoms with Crippen LogP contribution < -0.4 is 15.7 Å². The Morgan fingerprint density at radius 1 is 1.50 bits per heavy atom. The lowest BCUT2D eigenvalue weighted by Gasteiger charge is -2.13. The van der Waals surface area contributed by atoms with Crippen molar-refractivity contribution in [3.63, 3.8) is 0 Å². The third-order valence-corrected chi connectivity index (χ3v) is 2.28. The van der Waals surface area contributed by atoms with Crippen LogP contribution in [-0.4, -0.2) is 11.0 Å². The van der Waals surface area contributed by atoms with Crippen molar-refractivity contribution in [1.29, 1.82) is 0 Å². The van der Waals surface area contributed by atoms with Gasteiger partial charge < -0.3 is 25.4 Å². The highest BCUT2D eigenvalue weighted by molar-refractivity contribution is 5.86. The van der Waals surface area contributed by atoms with Crippen LogP contribution in [0.1, 0.15) is 16.1 Å². The number of nitrogens with one attached hydrogen (secondary N) is 1. The lowest BCUT2D eigenvalue weighted by atomic mass is 10.1. The molecule has 1 aliphatic heterocycles. The Labute approximate surface area is 102 Å². The number of carbonyl (C=O) groups excluding carboxylic acids is 1. The number of dihydropyridines is 1. The molecule has 0 unspecified atom stereocenters. The Hall–Kier alpha value is -2.60. The van der Waals surface area contributed by atoms with E-state index in [1.807, 2.05) is 0 Å². The van der Waals surface area contributed by atoms with Crippen LogP contribution in [0.25, 0.3) is 5.70 Å². The summed E-state index contributed by atoms with van der Waals surface area (Å²) in [5.41, 5.74) is 1.56. The van der Waals surface area contributed by atoms with Crippen molar-refractivity contribution in [3.05, 3.63) is 59.8 Å². The largest absolute Gasteiger partial charge is 0.664 e. The SMILES string of the molecule is O=C([O-])c1ccnc(C2=CC(=CO[O-])C=CN2)c1. The van der Waals surface area contributed by atoms with Crippen molar-refractivity contribution >= 4 is 11.7 Å². The van der Waals surface area contributed by atoms with E-state index in [2.05, 4.69) is 15.2 Å². The van der Waals surface area contributed by atoms with Gasteiger partial charge in [0, 0.05) is 23.5 Å². The van der Waals surface area contributed by atoms with E-state index in [1.165, 1.54) is 18.3 Å². The molecule has 0 amide bonds. The molecular weight excluding hydrogens is 236 g/mol. The molecule has 18 heavy (non-hydrogen) atoms. The van der Waals surface area contributed by atoms with Gasteiger partial charge in [0.2, 0.25) is 0 Å². The van der Waals surface area contributed by atoms with Crippen molar-refractivity contribution < 1.29 is 20.0 Å². The Bertz CT molecular complexity index is 561. The maximum Gasteiger partial charge on any atom is 0.0871 e. The van der Waals surface area contributed by atoms with Gasteiger partial charge in [0.25, 0.3) is 0 Å². The molecule has 2 rings (SSSR count). The first-order valence-electron chi connectivity index (χ1n) is 5.02. The topological polar surface area (TPSA) is 97.3 Å². The molecule has 2 heterocycles. The lowest BCUT2D eigenvalue weighted by molar-refractivity contribution is -0.665. The summed E-state index contributed by atoms with van der Waals surface area (Å²) < 4.78 is 0. The second kappa shape index (κ2) is 5.15. The molecule has 6 heteroatoms. The Morgan fingerprint density at radius 2 is 2.33 bits per heavy atom. The summed E-state index contributed by atoms with van der Waals surface area (Å²) in [6, 6.07) is 2.72. The van der Waals surface area contributed by atoms with Crippen molar-refractivity contribution in [2.24, 2.45) is 0 Å². The summed E-state index contributed by atoms with van der Waals surface area (Å²) in [4.78, 5) is 18.4. The molecular formula is C12H8N2O4-2. The van der Waals surface area contributed by atoms with Crippen LogP contribution in [-0.2, 0) is 4.89 Å². The van der Waals surface area contributed by atoms with Crippen molar-refractivity contribution in [1.82, 2.24) is 10.3 Å². The predicted molar refractivity (Wildman–Crippen MR) is 58.0 cm³/mol. The number of carboxylic acid groups (broad SMARTS) is 1. The molecule has 6 nitrogen and oxygen atoms in total. The molecule has 0 spiro atoms. The molecule has 0 aliphatic carbocycles. The van der Waals surface area contributed by atoms with E-state index >= 15 is 0 Å². The molecule has 0 atom stereocenters. The zero-order chi connectivity index (χ0) is 13.0. The summed E-state index contributed by atoms with van der Waals surface area (Å²) in [7, 11) is 0. The number of pyridine rings is 1. The normalized spacial score (nSPS) is 16.1. The minimum absolute atomic E-state index is 0.0304. The molecule has 0 saturated heterocycles. The van der Waals surface area contributed by atoms with E-state index in [1.54, 1.807) is 18.4 Å². The average Bonchev–Trinajstić information content (AvgIpc) is 2.39.